The molecule has 2 atom stereocenters. The van der Waals surface area contributed by atoms with Gasteiger partial charge in [-0.2, -0.15) is 0 Å². The van der Waals surface area contributed by atoms with Crippen LogP contribution < -0.4 is 10.6 Å². The highest BCUT2D eigenvalue weighted by atomic mass is 16.4. The van der Waals surface area contributed by atoms with Crippen LogP contribution in [0.2, 0.25) is 0 Å². The van der Waals surface area contributed by atoms with Crippen molar-refractivity contribution in [3.05, 3.63) is 12.7 Å². The Morgan fingerprint density at radius 2 is 2.19 bits per heavy atom. The quantitative estimate of drug-likeness (QED) is 0.628. The number of amides is 2. The van der Waals surface area contributed by atoms with Gasteiger partial charge >= 0.3 is 12.0 Å². The SMILES string of the molecule is C=CCNC(=O)NC1CCCC(C(=O)O)C1. The zero-order valence-electron chi connectivity index (χ0n) is 9.24. The first-order valence-electron chi connectivity index (χ1n) is 5.51. The minimum absolute atomic E-state index is 0.0281. The van der Waals surface area contributed by atoms with Crippen molar-refractivity contribution in [2.75, 3.05) is 6.54 Å². The van der Waals surface area contributed by atoms with Crippen molar-refractivity contribution in [2.24, 2.45) is 5.92 Å². The van der Waals surface area contributed by atoms with Gasteiger partial charge in [0.15, 0.2) is 0 Å². The molecule has 0 saturated heterocycles. The van der Waals surface area contributed by atoms with Crippen molar-refractivity contribution in [3.63, 3.8) is 0 Å². The third-order valence-electron chi connectivity index (χ3n) is 2.77. The molecule has 2 unspecified atom stereocenters. The number of hydrogen-bond donors (Lipinski definition) is 3. The van der Waals surface area contributed by atoms with Crippen molar-refractivity contribution in [1.82, 2.24) is 10.6 Å². The van der Waals surface area contributed by atoms with Crippen molar-refractivity contribution < 1.29 is 14.7 Å². The molecule has 2 amide bonds. The molecule has 3 N–H and O–H groups in total. The predicted molar refractivity (Wildman–Crippen MR) is 60.1 cm³/mol. The van der Waals surface area contributed by atoms with Crippen molar-refractivity contribution in [3.8, 4) is 0 Å². The van der Waals surface area contributed by atoms with Gasteiger partial charge < -0.3 is 15.7 Å². The monoisotopic (exact) mass is 226 g/mol. The third kappa shape index (κ3) is 3.92. The Bertz CT molecular complexity index is 278. The second-order valence-corrected chi connectivity index (χ2v) is 4.04. The lowest BCUT2D eigenvalue weighted by molar-refractivity contribution is -0.143. The van der Waals surface area contributed by atoms with E-state index in [9.17, 15) is 9.59 Å². The molecule has 1 rings (SSSR count). The van der Waals surface area contributed by atoms with E-state index in [0.717, 1.165) is 12.8 Å². The fourth-order valence-corrected chi connectivity index (χ4v) is 1.95. The smallest absolute Gasteiger partial charge is 0.315 e. The van der Waals surface area contributed by atoms with Gasteiger partial charge in [0.05, 0.1) is 5.92 Å². The fraction of sp³-hybridized carbons (Fsp3) is 0.636. The molecule has 90 valence electrons. The molecule has 16 heavy (non-hydrogen) atoms. The van der Waals surface area contributed by atoms with Crippen molar-refractivity contribution in [1.29, 1.82) is 0 Å². The average Bonchev–Trinajstić information content (AvgIpc) is 2.26. The van der Waals surface area contributed by atoms with E-state index in [2.05, 4.69) is 17.2 Å². The number of hydrogen-bond acceptors (Lipinski definition) is 2. The van der Waals surface area contributed by atoms with Crippen LogP contribution in [0.5, 0.6) is 0 Å². The van der Waals surface area contributed by atoms with Crippen LogP contribution >= 0.6 is 0 Å². The van der Waals surface area contributed by atoms with Gasteiger partial charge in [0, 0.05) is 12.6 Å². The van der Waals surface area contributed by atoms with E-state index in [0.29, 0.717) is 19.4 Å². The summed E-state index contributed by atoms with van der Waals surface area (Å²) in [7, 11) is 0. The van der Waals surface area contributed by atoms with E-state index < -0.39 is 5.97 Å². The largest absolute Gasteiger partial charge is 0.481 e. The van der Waals surface area contributed by atoms with Gasteiger partial charge in [-0.15, -0.1) is 6.58 Å². The number of aliphatic carboxylic acids is 1. The molecular weight excluding hydrogens is 208 g/mol. The van der Waals surface area contributed by atoms with Crippen LogP contribution in [-0.2, 0) is 4.79 Å². The second kappa shape index (κ2) is 6.15. The Labute approximate surface area is 94.9 Å². The van der Waals surface area contributed by atoms with Crippen LogP contribution in [0.3, 0.4) is 0 Å². The molecule has 1 aliphatic carbocycles. The van der Waals surface area contributed by atoms with Gasteiger partial charge in [0.2, 0.25) is 0 Å². The first-order chi connectivity index (χ1) is 7.63. The lowest BCUT2D eigenvalue weighted by atomic mass is 9.86. The molecule has 0 aromatic heterocycles. The van der Waals surface area contributed by atoms with Gasteiger partial charge in [-0.3, -0.25) is 4.79 Å². The van der Waals surface area contributed by atoms with Gasteiger partial charge in [-0.1, -0.05) is 12.5 Å². The maximum atomic E-state index is 11.3. The van der Waals surface area contributed by atoms with Crippen LogP contribution in [0, 0.1) is 5.92 Å². The zero-order chi connectivity index (χ0) is 12.0. The summed E-state index contributed by atoms with van der Waals surface area (Å²) < 4.78 is 0. The molecule has 5 heteroatoms. The molecule has 5 nitrogen and oxygen atoms in total. The highest BCUT2D eigenvalue weighted by Gasteiger charge is 2.27. The van der Waals surface area contributed by atoms with E-state index >= 15 is 0 Å². The maximum absolute atomic E-state index is 11.3. The third-order valence-corrected chi connectivity index (χ3v) is 2.77. The molecule has 0 aromatic carbocycles. The average molecular weight is 226 g/mol. The van der Waals surface area contributed by atoms with E-state index in [1.807, 2.05) is 0 Å². The first-order valence-corrected chi connectivity index (χ1v) is 5.51. The molecule has 0 radical (unpaired) electrons. The normalized spacial score (nSPS) is 24.5. The van der Waals surface area contributed by atoms with Crippen LogP contribution in [0.1, 0.15) is 25.7 Å². The number of carbonyl (C=O) groups is 2. The highest BCUT2D eigenvalue weighted by molar-refractivity contribution is 5.74. The van der Waals surface area contributed by atoms with Crippen LogP contribution in [0.4, 0.5) is 4.79 Å². The van der Waals surface area contributed by atoms with Crippen molar-refractivity contribution >= 4 is 12.0 Å². The number of carboxylic acid groups (broad SMARTS) is 1. The summed E-state index contributed by atoms with van der Waals surface area (Å²) in [5.41, 5.74) is 0. The summed E-state index contributed by atoms with van der Waals surface area (Å²) in [6.45, 7) is 3.91. The lowest BCUT2D eigenvalue weighted by Gasteiger charge is -2.27. The summed E-state index contributed by atoms with van der Waals surface area (Å²) >= 11 is 0. The van der Waals surface area contributed by atoms with Crippen LogP contribution in [0.15, 0.2) is 12.7 Å². The molecule has 1 aliphatic rings. The fourth-order valence-electron chi connectivity index (χ4n) is 1.95. The van der Waals surface area contributed by atoms with Gasteiger partial charge in [-0.05, 0) is 19.3 Å². The Kier molecular flexibility index (Phi) is 4.82. The second-order valence-electron chi connectivity index (χ2n) is 4.04. The van der Waals surface area contributed by atoms with E-state index in [1.165, 1.54) is 0 Å². The molecule has 0 heterocycles. The topological polar surface area (TPSA) is 78.4 Å². The van der Waals surface area contributed by atoms with E-state index in [4.69, 9.17) is 5.11 Å². The van der Waals surface area contributed by atoms with Crippen LogP contribution in [-0.4, -0.2) is 29.7 Å². The minimum Gasteiger partial charge on any atom is -0.481 e. The number of carbonyl (C=O) groups excluding carboxylic acids is 1. The summed E-state index contributed by atoms with van der Waals surface area (Å²) in [6, 6.07) is -0.282. The van der Waals surface area contributed by atoms with Crippen molar-refractivity contribution in [2.45, 2.75) is 31.7 Å². The Morgan fingerprint density at radius 1 is 1.44 bits per heavy atom. The van der Waals surface area contributed by atoms with E-state index in [-0.39, 0.29) is 18.0 Å². The maximum Gasteiger partial charge on any atom is 0.315 e. The predicted octanol–water partition coefficient (Wildman–Crippen LogP) is 1.11. The van der Waals surface area contributed by atoms with Gasteiger partial charge in [0.1, 0.15) is 0 Å². The summed E-state index contributed by atoms with van der Waals surface area (Å²) in [5.74, 6) is -1.09. The highest BCUT2D eigenvalue weighted by Crippen LogP contribution is 2.24. The standard InChI is InChI=1S/C11H18N2O3/c1-2-6-12-11(16)13-9-5-3-4-8(7-9)10(14)15/h2,8-9H,1,3-7H2,(H,14,15)(H2,12,13,16). The zero-order valence-corrected chi connectivity index (χ0v) is 9.24. The lowest BCUT2D eigenvalue weighted by Crippen LogP contribution is -2.44. The molecule has 0 bridgehead atoms. The minimum atomic E-state index is -0.766. The molecule has 0 aliphatic heterocycles. The van der Waals surface area contributed by atoms with Gasteiger partial charge in [0.25, 0.3) is 0 Å². The summed E-state index contributed by atoms with van der Waals surface area (Å²) in [5, 5.41) is 14.3. The molecule has 0 spiro atoms. The Morgan fingerprint density at radius 3 is 2.81 bits per heavy atom. The van der Waals surface area contributed by atoms with E-state index in [1.54, 1.807) is 6.08 Å². The molecule has 1 fully saturated rings. The Balaban J connectivity index is 2.33. The Hall–Kier alpha value is -1.52. The van der Waals surface area contributed by atoms with Crippen LogP contribution in [0.25, 0.3) is 0 Å². The number of urea groups is 1. The summed E-state index contributed by atoms with van der Waals surface area (Å²) in [6.07, 6.45) is 4.54. The molecular formula is C11H18N2O3. The van der Waals surface area contributed by atoms with Gasteiger partial charge in [-0.25, -0.2) is 4.79 Å². The number of rotatable bonds is 4. The number of nitrogens with one attached hydrogen (secondary N) is 2. The first kappa shape index (κ1) is 12.5. The molecule has 0 aromatic rings. The molecule has 1 saturated carbocycles. The summed E-state index contributed by atoms with van der Waals surface area (Å²) in [4.78, 5) is 22.1. The number of carboxylic acids is 1.